The molecular formula is C15H19N3O2S. The standard InChI is InChI=1S/C15H19N3O2S/c1-8-13(10(3)19)9(2)17-14(8)15(20)16-6-5-12-7-21-11(4)18-12/h7,17H,5-6H2,1-4H3,(H,16,20). The molecule has 2 rings (SSSR count). The van der Waals surface area contributed by atoms with Gasteiger partial charge in [-0.3, -0.25) is 9.59 Å². The Kier molecular flexibility index (Phi) is 4.57. The van der Waals surface area contributed by atoms with E-state index in [-0.39, 0.29) is 11.7 Å². The quantitative estimate of drug-likeness (QED) is 0.834. The van der Waals surface area contributed by atoms with Crippen LogP contribution in [0.25, 0.3) is 0 Å². The maximum Gasteiger partial charge on any atom is 0.268 e. The zero-order valence-corrected chi connectivity index (χ0v) is 13.5. The molecule has 0 saturated heterocycles. The third kappa shape index (κ3) is 3.39. The molecule has 112 valence electrons. The summed E-state index contributed by atoms with van der Waals surface area (Å²) in [5, 5.41) is 5.89. The van der Waals surface area contributed by atoms with Crippen molar-refractivity contribution in [2.24, 2.45) is 0 Å². The fraction of sp³-hybridized carbons (Fsp3) is 0.400. The molecular weight excluding hydrogens is 286 g/mol. The minimum Gasteiger partial charge on any atom is -0.354 e. The SMILES string of the molecule is CC(=O)c1c(C)[nH]c(C(=O)NCCc2csc(C)n2)c1C. The van der Waals surface area contributed by atoms with Gasteiger partial charge in [-0.25, -0.2) is 4.98 Å². The van der Waals surface area contributed by atoms with Crippen molar-refractivity contribution in [1.29, 1.82) is 0 Å². The summed E-state index contributed by atoms with van der Waals surface area (Å²) in [7, 11) is 0. The number of nitrogens with one attached hydrogen (secondary N) is 2. The Bertz CT molecular complexity index is 685. The van der Waals surface area contributed by atoms with Crippen molar-refractivity contribution in [1.82, 2.24) is 15.3 Å². The minimum atomic E-state index is -0.185. The van der Waals surface area contributed by atoms with Crippen LogP contribution in [0.4, 0.5) is 0 Å². The fourth-order valence-corrected chi connectivity index (χ4v) is 3.07. The summed E-state index contributed by atoms with van der Waals surface area (Å²) in [6.07, 6.45) is 0.703. The summed E-state index contributed by atoms with van der Waals surface area (Å²) in [5.74, 6) is -0.215. The summed E-state index contributed by atoms with van der Waals surface area (Å²) in [6.45, 7) is 7.59. The first-order valence-corrected chi connectivity index (χ1v) is 7.67. The number of H-pyrrole nitrogens is 1. The zero-order valence-electron chi connectivity index (χ0n) is 12.7. The highest BCUT2D eigenvalue weighted by Gasteiger charge is 2.19. The molecule has 0 atom stereocenters. The molecule has 21 heavy (non-hydrogen) atoms. The van der Waals surface area contributed by atoms with Gasteiger partial charge in [-0.1, -0.05) is 0 Å². The molecule has 0 aromatic carbocycles. The molecule has 5 nitrogen and oxygen atoms in total. The summed E-state index contributed by atoms with van der Waals surface area (Å²) in [6, 6.07) is 0. The topological polar surface area (TPSA) is 74.8 Å². The van der Waals surface area contributed by atoms with E-state index in [0.29, 0.717) is 29.8 Å². The van der Waals surface area contributed by atoms with Crippen LogP contribution < -0.4 is 5.32 Å². The number of Topliss-reactive ketones (excluding diaryl/α,β-unsaturated/α-hetero) is 1. The molecule has 0 aliphatic carbocycles. The average Bonchev–Trinajstić information content (AvgIpc) is 2.93. The Morgan fingerprint density at radius 3 is 2.57 bits per heavy atom. The highest BCUT2D eigenvalue weighted by atomic mass is 32.1. The lowest BCUT2D eigenvalue weighted by Gasteiger charge is -2.03. The van der Waals surface area contributed by atoms with E-state index in [1.807, 2.05) is 12.3 Å². The molecule has 0 aliphatic rings. The molecule has 2 N–H and O–H groups in total. The third-order valence-corrected chi connectivity index (χ3v) is 4.17. The van der Waals surface area contributed by atoms with Crippen LogP contribution in [0.5, 0.6) is 0 Å². The summed E-state index contributed by atoms with van der Waals surface area (Å²) >= 11 is 1.60. The van der Waals surface area contributed by atoms with Crippen LogP contribution in [0.15, 0.2) is 5.38 Å². The van der Waals surface area contributed by atoms with E-state index in [9.17, 15) is 9.59 Å². The Morgan fingerprint density at radius 2 is 2.05 bits per heavy atom. The van der Waals surface area contributed by atoms with Crippen LogP contribution in [-0.4, -0.2) is 28.2 Å². The van der Waals surface area contributed by atoms with E-state index in [0.717, 1.165) is 16.4 Å². The minimum absolute atomic E-state index is 0.0294. The molecule has 2 heterocycles. The van der Waals surface area contributed by atoms with Crippen LogP contribution in [0, 0.1) is 20.8 Å². The lowest BCUT2D eigenvalue weighted by atomic mass is 10.1. The van der Waals surface area contributed by atoms with Gasteiger partial charge in [0.1, 0.15) is 5.69 Å². The Balaban J connectivity index is 2.01. The Morgan fingerprint density at radius 1 is 1.33 bits per heavy atom. The summed E-state index contributed by atoms with van der Waals surface area (Å²) < 4.78 is 0. The van der Waals surface area contributed by atoms with Gasteiger partial charge in [0.25, 0.3) is 5.91 Å². The number of hydrogen-bond acceptors (Lipinski definition) is 4. The number of hydrogen-bond donors (Lipinski definition) is 2. The van der Waals surface area contributed by atoms with Crippen LogP contribution in [-0.2, 0) is 6.42 Å². The molecule has 0 aliphatic heterocycles. The average molecular weight is 305 g/mol. The van der Waals surface area contributed by atoms with E-state index in [4.69, 9.17) is 0 Å². The molecule has 0 spiro atoms. The van der Waals surface area contributed by atoms with Gasteiger partial charge in [0.15, 0.2) is 5.78 Å². The number of aryl methyl sites for hydroxylation is 2. The molecule has 2 aromatic rings. The Labute approximate surface area is 127 Å². The van der Waals surface area contributed by atoms with Crippen molar-refractivity contribution >= 4 is 23.0 Å². The number of ketones is 1. The number of rotatable bonds is 5. The van der Waals surface area contributed by atoms with Gasteiger partial charge in [-0.2, -0.15) is 0 Å². The first-order valence-electron chi connectivity index (χ1n) is 6.79. The number of carbonyl (C=O) groups excluding carboxylic acids is 2. The normalized spacial score (nSPS) is 10.7. The second kappa shape index (κ2) is 6.22. The van der Waals surface area contributed by atoms with Gasteiger partial charge in [0.05, 0.1) is 10.7 Å². The lowest BCUT2D eigenvalue weighted by molar-refractivity contribution is 0.0948. The molecule has 0 unspecified atom stereocenters. The maximum absolute atomic E-state index is 12.2. The number of aromatic nitrogens is 2. The third-order valence-electron chi connectivity index (χ3n) is 3.35. The molecule has 2 aromatic heterocycles. The van der Waals surface area contributed by atoms with Gasteiger partial charge in [-0.05, 0) is 33.3 Å². The largest absolute Gasteiger partial charge is 0.354 e. The molecule has 0 fully saturated rings. The van der Waals surface area contributed by atoms with Crippen LogP contribution in [0.3, 0.4) is 0 Å². The van der Waals surface area contributed by atoms with Crippen molar-refractivity contribution in [3.05, 3.63) is 38.6 Å². The first kappa shape index (κ1) is 15.4. The van der Waals surface area contributed by atoms with Crippen LogP contribution in [0.1, 0.15) is 49.7 Å². The molecule has 0 radical (unpaired) electrons. The number of carbonyl (C=O) groups is 2. The predicted octanol–water partition coefficient (Wildman–Crippen LogP) is 2.57. The predicted molar refractivity (Wildman–Crippen MR) is 83.2 cm³/mol. The molecule has 6 heteroatoms. The van der Waals surface area contributed by atoms with Crippen LogP contribution >= 0.6 is 11.3 Å². The van der Waals surface area contributed by atoms with Gasteiger partial charge >= 0.3 is 0 Å². The van der Waals surface area contributed by atoms with E-state index in [1.54, 1.807) is 25.2 Å². The van der Waals surface area contributed by atoms with Crippen molar-refractivity contribution < 1.29 is 9.59 Å². The van der Waals surface area contributed by atoms with Gasteiger partial charge in [-0.15, -0.1) is 11.3 Å². The highest BCUT2D eigenvalue weighted by Crippen LogP contribution is 2.18. The summed E-state index contributed by atoms with van der Waals surface area (Å²) in [4.78, 5) is 31.1. The molecule has 0 bridgehead atoms. The number of thiazole rings is 1. The zero-order chi connectivity index (χ0) is 15.6. The smallest absolute Gasteiger partial charge is 0.268 e. The lowest BCUT2D eigenvalue weighted by Crippen LogP contribution is -2.26. The molecule has 1 amide bonds. The second-order valence-electron chi connectivity index (χ2n) is 5.04. The second-order valence-corrected chi connectivity index (χ2v) is 6.11. The van der Waals surface area contributed by atoms with Gasteiger partial charge in [0, 0.05) is 29.6 Å². The van der Waals surface area contributed by atoms with E-state index < -0.39 is 0 Å². The number of nitrogens with zero attached hydrogens (tertiary/aromatic N) is 1. The maximum atomic E-state index is 12.2. The van der Waals surface area contributed by atoms with E-state index >= 15 is 0 Å². The molecule has 0 saturated carbocycles. The van der Waals surface area contributed by atoms with Gasteiger partial charge in [0.2, 0.25) is 0 Å². The van der Waals surface area contributed by atoms with E-state index in [2.05, 4.69) is 15.3 Å². The van der Waals surface area contributed by atoms with Crippen molar-refractivity contribution in [3.8, 4) is 0 Å². The summed E-state index contributed by atoms with van der Waals surface area (Å²) in [5.41, 5.74) is 3.51. The number of aromatic amines is 1. The Hall–Kier alpha value is -1.95. The van der Waals surface area contributed by atoms with Crippen molar-refractivity contribution in [2.45, 2.75) is 34.1 Å². The monoisotopic (exact) mass is 305 g/mol. The first-order chi connectivity index (χ1) is 9.90. The highest BCUT2D eigenvalue weighted by molar-refractivity contribution is 7.09. The van der Waals surface area contributed by atoms with Crippen molar-refractivity contribution in [2.75, 3.05) is 6.54 Å². The van der Waals surface area contributed by atoms with Crippen molar-refractivity contribution in [3.63, 3.8) is 0 Å². The van der Waals surface area contributed by atoms with Crippen LogP contribution in [0.2, 0.25) is 0 Å². The van der Waals surface area contributed by atoms with E-state index in [1.165, 1.54) is 6.92 Å². The van der Waals surface area contributed by atoms with Gasteiger partial charge < -0.3 is 10.3 Å². The fourth-order valence-electron chi connectivity index (χ4n) is 2.42. The number of amides is 1.